The molecule has 14 heteroatoms. The fourth-order valence-electron chi connectivity index (χ4n) is 5.36. The van der Waals surface area contributed by atoms with Gasteiger partial charge in [-0.15, -0.1) is 23.1 Å². The van der Waals surface area contributed by atoms with Gasteiger partial charge in [-0.1, -0.05) is 74.5 Å². The summed E-state index contributed by atoms with van der Waals surface area (Å²) in [6.07, 6.45) is 3.01. The van der Waals surface area contributed by atoms with E-state index in [1.54, 1.807) is 18.8 Å². The van der Waals surface area contributed by atoms with Crippen LogP contribution in [0.25, 0.3) is 0 Å². The highest BCUT2D eigenvalue weighted by Gasteiger charge is 2.27. The Balaban J connectivity index is 1.44. The number of aromatic nitrogens is 1. The van der Waals surface area contributed by atoms with Gasteiger partial charge in [0.1, 0.15) is 12.6 Å². The van der Waals surface area contributed by atoms with E-state index in [2.05, 4.69) is 40.1 Å². The summed E-state index contributed by atoms with van der Waals surface area (Å²) >= 11 is 3.12. The molecule has 1 aromatic heterocycles. The third-order valence-corrected chi connectivity index (χ3v) is 10.1. The Morgan fingerprint density at radius 3 is 2.10 bits per heavy atom. The number of alkyl carbamates (subject to hydrolysis) is 1. The van der Waals surface area contributed by atoms with Gasteiger partial charge in [0.05, 0.1) is 29.5 Å². The van der Waals surface area contributed by atoms with Crippen molar-refractivity contribution in [3.63, 3.8) is 0 Å². The number of ether oxygens (including phenoxy) is 1. The molecule has 3 aromatic rings. The first-order valence-corrected chi connectivity index (χ1v) is 18.5. The minimum atomic E-state index is -1.19. The molecule has 2 aromatic carbocycles. The molecule has 1 aliphatic rings. The van der Waals surface area contributed by atoms with Crippen LogP contribution < -0.4 is 27.0 Å². The normalized spacial score (nSPS) is 14.1. The number of hydrogen-bond donors (Lipinski definition) is 5. The van der Waals surface area contributed by atoms with Crippen molar-refractivity contribution in [2.45, 2.75) is 76.5 Å². The van der Waals surface area contributed by atoms with E-state index in [4.69, 9.17) is 10.5 Å². The van der Waals surface area contributed by atoms with Crippen molar-refractivity contribution in [1.29, 1.82) is 0 Å². The van der Waals surface area contributed by atoms with Crippen LogP contribution in [0.5, 0.6) is 0 Å². The number of nitrogens with two attached hydrogens (primary N) is 1. The summed E-state index contributed by atoms with van der Waals surface area (Å²) in [5, 5.41) is 14.7. The van der Waals surface area contributed by atoms with Crippen molar-refractivity contribution in [2.75, 3.05) is 19.5 Å². The van der Waals surface area contributed by atoms with Gasteiger partial charge in [0.15, 0.2) is 0 Å². The van der Waals surface area contributed by atoms with Crippen molar-refractivity contribution in [3.8, 4) is 0 Å². The first-order valence-electron chi connectivity index (χ1n) is 16.7. The van der Waals surface area contributed by atoms with Gasteiger partial charge in [-0.05, 0) is 36.8 Å². The Morgan fingerprint density at radius 1 is 0.940 bits per heavy atom. The summed E-state index contributed by atoms with van der Waals surface area (Å²) < 4.78 is 5.49. The maximum Gasteiger partial charge on any atom is 0.407 e. The zero-order valence-corrected chi connectivity index (χ0v) is 30.4. The van der Waals surface area contributed by atoms with Crippen molar-refractivity contribution in [1.82, 2.24) is 31.2 Å². The van der Waals surface area contributed by atoms with Gasteiger partial charge in [0.25, 0.3) is 0 Å². The average molecular weight is 722 g/mol. The Morgan fingerprint density at radius 2 is 1.56 bits per heavy atom. The molecule has 0 aliphatic carbocycles. The molecule has 0 fully saturated rings. The van der Waals surface area contributed by atoms with E-state index >= 15 is 0 Å². The number of carbonyl (C=O) groups is 4. The number of thiazole rings is 1. The molecule has 12 nitrogen and oxygen atoms in total. The molecular formula is C36H47N7O5S2. The number of benzene rings is 2. The number of hydrogen-bond acceptors (Lipinski definition) is 9. The Kier molecular flexibility index (Phi) is 15.0. The number of nitrogens with one attached hydrogen (secondary N) is 4. The van der Waals surface area contributed by atoms with E-state index in [9.17, 15) is 19.2 Å². The molecule has 3 unspecified atom stereocenters. The zero-order chi connectivity index (χ0) is 35.9. The molecule has 0 saturated heterocycles. The summed E-state index contributed by atoms with van der Waals surface area (Å²) in [7, 11) is 1.60. The Labute approximate surface area is 302 Å². The molecule has 0 bridgehead atoms. The predicted octanol–water partition coefficient (Wildman–Crippen LogP) is 4.63. The third-order valence-electron chi connectivity index (χ3n) is 7.96. The SMILES string of the molecule is CC(C)c1nc(CN(C)C(=O)NC(CC(N)=O)C(=O)NC(CCC(Cc2ccccc2)NC(=O)OCC2=CNCS2)Cc2ccccc2)cs1. The highest BCUT2D eigenvalue weighted by Crippen LogP contribution is 2.21. The monoisotopic (exact) mass is 721 g/mol. The van der Waals surface area contributed by atoms with Crippen molar-refractivity contribution < 1.29 is 23.9 Å². The van der Waals surface area contributed by atoms with Gasteiger partial charge in [0.2, 0.25) is 11.8 Å². The molecule has 268 valence electrons. The summed E-state index contributed by atoms with van der Waals surface area (Å²) in [5.41, 5.74) is 8.31. The van der Waals surface area contributed by atoms with E-state index in [-0.39, 0.29) is 37.6 Å². The van der Waals surface area contributed by atoms with E-state index in [0.717, 1.165) is 32.6 Å². The largest absolute Gasteiger partial charge is 0.444 e. The lowest BCUT2D eigenvalue weighted by molar-refractivity contribution is -0.127. The number of nitrogens with zero attached hydrogens (tertiary/aromatic N) is 2. The van der Waals surface area contributed by atoms with Gasteiger partial charge < -0.3 is 36.6 Å². The van der Waals surface area contributed by atoms with E-state index in [1.807, 2.05) is 72.2 Å². The van der Waals surface area contributed by atoms with Crippen molar-refractivity contribution in [2.24, 2.45) is 5.73 Å². The second-order valence-corrected chi connectivity index (χ2v) is 14.5. The van der Waals surface area contributed by atoms with E-state index in [1.165, 1.54) is 16.2 Å². The van der Waals surface area contributed by atoms with Crippen molar-refractivity contribution in [3.05, 3.63) is 99.0 Å². The van der Waals surface area contributed by atoms with Crippen LogP contribution in [0, 0.1) is 0 Å². The summed E-state index contributed by atoms with van der Waals surface area (Å²) in [6, 6.07) is 17.2. The lowest BCUT2D eigenvalue weighted by atomic mass is 9.95. The minimum absolute atomic E-state index is 0.180. The number of primary amides is 1. The molecule has 3 atom stereocenters. The maximum atomic E-state index is 13.7. The van der Waals surface area contributed by atoms with Crippen LogP contribution in [0.3, 0.4) is 0 Å². The quantitative estimate of drug-likeness (QED) is 0.127. The second kappa shape index (κ2) is 19.6. The number of rotatable bonds is 18. The van der Waals surface area contributed by atoms with Crippen LogP contribution in [0.15, 0.2) is 77.1 Å². The predicted molar refractivity (Wildman–Crippen MR) is 197 cm³/mol. The average Bonchev–Trinajstić information content (AvgIpc) is 3.79. The van der Waals surface area contributed by atoms with E-state index < -0.39 is 30.0 Å². The number of urea groups is 1. The molecule has 0 saturated carbocycles. The Bertz CT molecular complexity index is 1590. The fraction of sp³-hybridized carbons (Fsp3) is 0.417. The van der Waals surface area contributed by atoms with Crippen LogP contribution in [-0.4, -0.2) is 71.5 Å². The van der Waals surface area contributed by atoms with E-state index in [0.29, 0.717) is 25.7 Å². The highest BCUT2D eigenvalue weighted by molar-refractivity contribution is 8.03. The Hall–Kier alpha value is -4.56. The second-order valence-electron chi connectivity index (χ2n) is 12.5. The van der Waals surface area contributed by atoms with Gasteiger partial charge in [-0.3, -0.25) is 9.59 Å². The van der Waals surface area contributed by atoms with Crippen LogP contribution in [0.2, 0.25) is 0 Å². The number of carbonyl (C=O) groups excluding carboxylic acids is 4. The van der Waals surface area contributed by atoms with Gasteiger partial charge >= 0.3 is 12.1 Å². The minimum Gasteiger partial charge on any atom is -0.444 e. The van der Waals surface area contributed by atoms with Crippen molar-refractivity contribution >= 4 is 47.0 Å². The molecule has 0 spiro atoms. The number of amides is 5. The molecule has 6 N–H and O–H groups in total. The molecule has 0 radical (unpaired) electrons. The number of thioether (sulfide) groups is 1. The van der Waals surface area contributed by atoms with Crippen LogP contribution in [0.4, 0.5) is 9.59 Å². The fourth-order valence-corrected chi connectivity index (χ4v) is 6.84. The molecule has 50 heavy (non-hydrogen) atoms. The first-order chi connectivity index (χ1) is 24.0. The maximum absolute atomic E-state index is 13.7. The summed E-state index contributed by atoms with van der Waals surface area (Å²) in [6.45, 7) is 4.53. The molecular weight excluding hydrogens is 675 g/mol. The summed E-state index contributed by atoms with van der Waals surface area (Å²) in [4.78, 5) is 58.8. The topological polar surface area (TPSA) is 168 Å². The zero-order valence-electron chi connectivity index (χ0n) is 28.7. The van der Waals surface area contributed by atoms with Gasteiger partial charge in [0, 0.05) is 41.5 Å². The van der Waals surface area contributed by atoms with Crippen LogP contribution >= 0.6 is 23.1 Å². The standard InChI is InChI=1S/C36H47N7O5S2/c1-24(2)34-40-29(22-49-34)20-43(3)35(46)42-31(18-32(37)44)33(45)39-27(16-25-10-6-4-7-11-25)14-15-28(17-26-12-8-5-9-13-26)41-36(47)48-21-30-19-38-23-50-30/h4-13,19,22,24,27-28,31,38H,14-18,20-21,23H2,1-3H3,(H2,37,44)(H,39,45)(H,41,47)(H,42,46). The van der Waals surface area contributed by atoms with Gasteiger partial charge in [-0.2, -0.15) is 0 Å². The lowest BCUT2D eigenvalue weighted by Crippen LogP contribution is -2.54. The molecule has 4 rings (SSSR count). The molecule has 2 heterocycles. The summed E-state index contributed by atoms with van der Waals surface area (Å²) in [5.74, 6) is -0.222. The van der Waals surface area contributed by atoms with Crippen LogP contribution in [-0.2, 0) is 33.7 Å². The highest BCUT2D eigenvalue weighted by atomic mass is 32.2. The first kappa shape index (κ1) is 38.2. The smallest absolute Gasteiger partial charge is 0.407 e. The van der Waals surface area contributed by atoms with Crippen LogP contribution in [0.1, 0.15) is 60.9 Å². The molecule has 1 aliphatic heterocycles. The third kappa shape index (κ3) is 13.0. The molecule has 5 amide bonds. The van der Waals surface area contributed by atoms with Gasteiger partial charge in [-0.25, -0.2) is 14.6 Å². The lowest BCUT2D eigenvalue weighted by Gasteiger charge is -2.26.